The molecular weight excluding hydrogens is 312 g/mol. The standard InChI is InChI=1S/C13H18N2O4S2/c1-10(5-6-20-2)15-21(18,19)12-7-11(8-14-9-12)3-4-13(16)17/h3-4,7-10,15H,5-6H2,1-2H3,(H,16,17)/b4-3+. The van der Waals surface area contributed by atoms with E-state index in [2.05, 4.69) is 9.71 Å². The normalized spacial score (nSPS) is 13.4. The Morgan fingerprint density at radius 2 is 2.24 bits per heavy atom. The fourth-order valence-electron chi connectivity index (χ4n) is 1.53. The van der Waals surface area contributed by atoms with Gasteiger partial charge in [-0.2, -0.15) is 11.8 Å². The van der Waals surface area contributed by atoms with E-state index < -0.39 is 16.0 Å². The van der Waals surface area contributed by atoms with E-state index in [9.17, 15) is 13.2 Å². The van der Waals surface area contributed by atoms with E-state index >= 15 is 0 Å². The van der Waals surface area contributed by atoms with E-state index in [0.29, 0.717) is 5.56 Å². The van der Waals surface area contributed by atoms with Crippen LogP contribution in [0.1, 0.15) is 18.9 Å². The van der Waals surface area contributed by atoms with Gasteiger partial charge in [0.1, 0.15) is 4.90 Å². The van der Waals surface area contributed by atoms with Crippen LogP contribution in [0.5, 0.6) is 0 Å². The van der Waals surface area contributed by atoms with Crippen molar-refractivity contribution in [2.75, 3.05) is 12.0 Å². The summed E-state index contributed by atoms with van der Waals surface area (Å²) in [7, 11) is -3.65. The van der Waals surface area contributed by atoms with E-state index in [0.717, 1.165) is 18.2 Å². The van der Waals surface area contributed by atoms with Crippen molar-refractivity contribution in [1.82, 2.24) is 9.71 Å². The van der Waals surface area contributed by atoms with Gasteiger partial charge < -0.3 is 5.11 Å². The van der Waals surface area contributed by atoms with Gasteiger partial charge in [0.05, 0.1) is 0 Å². The molecule has 0 saturated carbocycles. The zero-order chi connectivity index (χ0) is 15.9. The Morgan fingerprint density at radius 3 is 2.86 bits per heavy atom. The zero-order valence-corrected chi connectivity index (χ0v) is 13.4. The summed E-state index contributed by atoms with van der Waals surface area (Å²) in [6.45, 7) is 1.80. The van der Waals surface area contributed by atoms with Gasteiger partial charge in [0, 0.05) is 24.5 Å². The molecule has 8 heteroatoms. The van der Waals surface area contributed by atoms with Crippen molar-refractivity contribution in [2.45, 2.75) is 24.3 Å². The van der Waals surface area contributed by atoms with Gasteiger partial charge >= 0.3 is 5.97 Å². The first-order valence-corrected chi connectivity index (χ1v) is 9.10. The molecule has 6 nitrogen and oxygen atoms in total. The predicted molar refractivity (Wildman–Crippen MR) is 83.7 cm³/mol. The van der Waals surface area contributed by atoms with Crippen LogP contribution in [0.4, 0.5) is 0 Å². The summed E-state index contributed by atoms with van der Waals surface area (Å²) in [5, 5.41) is 8.57. The zero-order valence-electron chi connectivity index (χ0n) is 11.8. The number of carbonyl (C=O) groups is 1. The molecule has 0 radical (unpaired) electrons. The van der Waals surface area contributed by atoms with Gasteiger partial charge in [-0.05, 0) is 43.1 Å². The Bertz CT molecular complexity index is 614. The number of nitrogens with one attached hydrogen (secondary N) is 1. The van der Waals surface area contributed by atoms with Crippen LogP contribution >= 0.6 is 11.8 Å². The Kier molecular flexibility index (Phi) is 6.86. The van der Waals surface area contributed by atoms with Gasteiger partial charge in [0.25, 0.3) is 0 Å². The van der Waals surface area contributed by atoms with Crippen molar-refractivity contribution in [1.29, 1.82) is 0 Å². The highest BCUT2D eigenvalue weighted by Gasteiger charge is 2.17. The average molecular weight is 330 g/mol. The van der Waals surface area contributed by atoms with Crippen LogP contribution in [0.3, 0.4) is 0 Å². The lowest BCUT2D eigenvalue weighted by Gasteiger charge is -2.13. The summed E-state index contributed by atoms with van der Waals surface area (Å²) >= 11 is 1.65. The second-order valence-corrected chi connectivity index (χ2v) is 7.13. The fourth-order valence-corrected chi connectivity index (χ4v) is 3.39. The number of carboxylic acids is 1. The van der Waals surface area contributed by atoms with Gasteiger partial charge in [0.15, 0.2) is 0 Å². The number of nitrogens with zero attached hydrogens (tertiary/aromatic N) is 1. The van der Waals surface area contributed by atoms with Crippen molar-refractivity contribution in [3.8, 4) is 0 Å². The van der Waals surface area contributed by atoms with Crippen LogP contribution in [0.2, 0.25) is 0 Å². The molecular formula is C13H18N2O4S2. The number of rotatable bonds is 8. The molecule has 0 aliphatic carbocycles. The number of hydrogen-bond acceptors (Lipinski definition) is 5. The lowest BCUT2D eigenvalue weighted by molar-refractivity contribution is -0.131. The highest BCUT2D eigenvalue weighted by molar-refractivity contribution is 7.98. The molecule has 116 valence electrons. The molecule has 0 bridgehead atoms. The minimum absolute atomic E-state index is 0.0195. The van der Waals surface area contributed by atoms with E-state index in [-0.39, 0.29) is 10.9 Å². The average Bonchev–Trinajstić information content (AvgIpc) is 2.43. The predicted octanol–water partition coefficient (Wildman–Crippen LogP) is 1.60. The number of sulfonamides is 1. The third-order valence-electron chi connectivity index (χ3n) is 2.57. The van der Waals surface area contributed by atoms with Gasteiger partial charge in [0.2, 0.25) is 10.0 Å². The Labute approximate surface area is 128 Å². The molecule has 0 amide bonds. The third-order valence-corrected chi connectivity index (χ3v) is 4.77. The summed E-state index contributed by atoms with van der Waals surface area (Å²) in [5.41, 5.74) is 0.414. The molecule has 0 spiro atoms. The monoisotopic (exact) mass is 330 g/mol. The van der Waals surface area contributed by atoms with E-state index in [1.54, 1.807) is 18.7 Å². The van der Waals surface area contributed by atoms with Crippen LogP contribution in [0.15, 0.2) is 29.4 Å². The first-order chi connectivity index (χ1) is 9.85. The first-order valence-electron chi connectivity index (χ1n) is 6.22. The van der Waals surface area contributed by atoms with Gasteiger partial charge in [-0.15, -0.1) is 0 Å². The van der Waals surface area contributed by atoms with Crippen LogP contribution in [-0.4, -0.2) is 42.5 Å². The number of carboxylic acid groups (broad SMARTS) is 1. The maximum absolute atomic E-state index is 12.2. The van der Waals surface area contributed by atoms with Crippen molar-refractivity contribution < 1.29 is 18.3 Å². The topological polar surface area (TPSA) is 96.4 Å². The van der Waals surface area contributed by atoms with Crippen molar-refractivity contribution in [3.63, 3.8) is 0 Å². The molecule has 0 fully saturated rings. The number of pyridine rings is 1. The van der Waals surface area contributed by atoms with E-state index in [1.165, 1.54) is 24.5 Å². The minimum Gasteiger partial charge on any atom is -0.478 e. The molecule has 1 heterocycles. The molecule has 1 atom stereocenters. The Balaban J connectivity index is 2.88. The summed E-state index contributed by atoms with van der Waals surface area (Å²) in [4.78, 5) is 14.3. The number of aliphatic carboxylic acids is 1. The lowest BCUT2D eigenvalue weighted by atomic mass is 10.2. The molecule has 1 aromatic rings. The second-order valence-electron chi connectivity index (χ2n) is 4.43. The highest BCUT2D eigenvalue weighted by Crippen LogP contribution is 2.12. The second kappa shape index (κ2) is 8.16. The lowest BCUT2D eigenvalue weighted by Crippen LogP contribution is -2.33. The molecule has 0 saturated heterocycles. The molecule has 2 N–H and O–H groups in total. The molecule has 1 rings (SSSR count). The van der Waals surface area contributed by atoms with Crippen molar-refractivity contribution in [3.05, 3.63) is 30.1 Å². The molecule has 0 aromatic carbocycles. The number of thioether (sulfide) groups is 1. The summed E-state index contributed by atoms with van der Waals surface area (Å²) < 4.78 is 27.0. The van der Waals surface area contributed by atoms with E-state index in [1.807, 2.05) is 6.26 Å². The van der Waals surface area contributed by atoms with Gasteiger partial charge in [-0.25, -0.2) is 17.9 Å². The molecule has 0 aliphatic rings. The Morgan fingerprint density at radius 1 is 1.52 bits per heavy atom. The molecule has 1 aromatic heterocycles. The van der Waals surface area contributed by atoms with Crippen molar-refractivity contribution in [2.24, 2.45) is 0 Å². The number of hydrogen-bond donors (Lipinski definition) is 2. The van der Waals surface area contributed by atoms with Crippen LogP contribution in [0.25, 0.3) is 6.08 Å². The third kappa shape index (κ3) is 6.28. The highest BCUT2D eigenvalue weighted by atomic mass is 32.2. The minimum atomic E-state index is -3.65. The van der Waals surface area contributed by atoms with Crippen LogP contribution in [0, 0.1) is 0 Å². The quantitative estimate of drug-likeness (QED) is 0.703. The number of aromatic nitrogens is 1. The molecule has 0 aliphatic heterocycles. The van der Waals surface area contributed by atoms with Crippen molar-refractivity contribution >= 4 is 33.8 Å². The van der Waals surface area contributed by atoms with Gasteiger partial charge in [-0.3, -0.25) is 4.98 Å². The van der Waals surface area contributed by atoms with Crippen LogP contribution < -0.4 is 4.72 Å². The first kappa shape index (κ1) is 17.7. The van der Waals surface area contributed by atoms with Gasteiger partial charge in [-0.1, -0.05) is 0 Å². The van der Waals surface area contributed by atoms with E-state index in [4.69, 9.17) is 5.11 Å². The molecule has 1 unspecified atom stereocenters. The Hall–Kier alpha value is -1.38. The largest absolute Gasteiger partial charge is 0.478 e. The maximum Gasteiger partial charge on any atom is 0.328 e. The summed E-state index contributed by atoms with van der Waals surface area (Å²) in [6, 6.07) is 1.21. The molecule has 21 heavy (non-hydrogen) atoms. The summed E-state index contributed by atoms with van der Waals surface area (Å²) in [6.07, 6.45) is 7.56. The van der Waals surface area contributed by atoms with Crippen LogP contribution in [-0.2, 0) is 14.8 Å². The summed E-state index contributed by atoms with van der Waals surface area (Å²) in [5.74, 6) is -0.240. The maximum atomic E-state index is 12.2. The fraction of sp³-hybridized carbons (Fsp3) is 0.385. The SMILES string of the molecule is CSCCC(C)NS(=O)(=O)c1cncc(/C=C/C(=O)O)c1. The smallest absolute Gasteiger partial charge is 0.328 e.